The first-order chi connectivity index (χ1) is 13.7. The Hall–Kier alpha value is -2.85. The van der Waals surface area contributed by atoms with E-state index in [1.54, 1.807) is 0 Å². The third kappa shape index (κ3) is 3.60. The largest absolute Gasteiger partial charge is 0.493 e. The van der Waals surface area contributed by atoms with Crippen LogP contribution in [0.1, 0.15) is 46.8 Å². The molecular weight excluding hydrogens is 348 g/mol. The van der Waals surface area contributed by atoms with Gasteiger partial charge in [-0.1, -0.05) is 48.6 Å². The number of benzene rings is 2. The molecule has 0 bridgehead atoms. The zero-order chi connectivity index (χ0) is 19.5. The molecule has 28 heavy (non-hydrogen) atoms. The highest BCUT2D eigenvalue weighted by Crippen LogP contribution is 2.31. The summed E-state index contributed by atoms with van der Waals surface area (Å²) in [6.07, 6.45) is 4.07. The Bertz CT molecular complexity index is 931. The lowest BCUT2D eigenvalue weighted by Crippen LogP contribution is -2.39. The van der Waals surface area contributed by atoms with Crippen molar-refractivity contribution in [3.8, 4) is 0 Å². The van der Waals surface area contributed by atoms with E-state index in [9.17, 15) is 4.79 Å². The maximum atomic E-state index is 12.9. The average Bonchev–Trinajstić information content (AvgIpc) is 3.18. The highest BCUT2D eigenvalue weighted by atomic mass is 16.5. The van der Waals surface area contributed by atoms with E-state index < -0.39 is 0 Å². The lowest BCUT2D eigenvalue weighted by atomic mass is 9.93. The Kier molecular flexibility index (Phi) is 5.31. The zero-order valence-electron chi connectivity index (χ0n) is 16.4. The van der Waals surface area contributed by atoms with Crippen LogP contribution in [0.2, 0.25) is 0 Å². The van der Waals surface area contributed by atoms with Gasteiger partial charge in [-0.05, 0) is 42.7 Å². The molecule has 1 amide bonds. The van der Waals surface area contributed by atoms with Crippen molar-refractivity contribution in [2.45, 2.75) is 32.4 Å². The second-order valence-electron chi connectivity index (χ2n) is 7.39. The zero-order valence-corrected chi connectivity index (χ0v) is 16.4. The first-order valence-electron chi connectivity index (χ1n) is 9.83. The van der Waals surface area contributed by atoms with Crippen molar-refractivity contribution >= 4 is 11.5 Å². The Morgan fingerprint density at radius 2 is 2.00 bits per heavy atom. The topological polar surface area (TPSA) is 50.4 Å². The summed E-state index contributed by atoms with van der Waals surface area (Å²) in [5, 5.41) is 6.63. The number of carbonyl (C=O) groups excluding carboxylic acids is 1. The maximum Gasteiger partial charge on any atom is 0.251 e. The number of hydrogen-bond donors (Lipinski definition) is 2. The third-order valence-electron chi connectivity index (χ3n) is 5.57. The molecule has 2 unspecified atom stereocenters. The number of amides is 1. The van der Waals surface area contributed by atoms with Crippen molar-refractivity contribution in [3.63, 3.8) is 0 Å². The van der Waals surface area contributed by atoms with Crippen molar-refractivity contribution in [2.24, 2.45) is 0 Å². The number of allylic oxidation sites excluding steroid dienone is 4. The second kappa shape index (κ2) is 8.03. The van der Waals surface area contributed by atoms with Gasteiger partial charge in [-0.15, -0.1) is 0 Å². The minimum absolute atomic E-state index is 0.0312. The molecule has 144 valence electrons. The van der Waals surface area contributed by atoms with Gasteiger partial charge < -0.3 is 15.4 Å². The van der Waals surface area contributed by atoms with Crippen LogP contribution in [0, 0.1) is 0 Å². The molecule has 0 spiro atoms. The van der Waals surface area contributed by atoms with E-state index >= 15 is 0 Å². The van der Waals surface area contributed by atoms with E-state index in [1.165, 1.54) is 5.56 Å². The lowest BCUT2D eigenvalue weighted by Gasteiger charge is -2.23. The van der Waals surface area contributed by atoms with Gasteiger partial charge in [-0.3, -0.25) is 4.79 Å². The van der Waals surface area contributed by atoms with E-state index in [4.69, 9.17) is 4.74 Å². The molecule has 2 atom stereocenters. The van der Waals surface area contributed by atoms with Gasteiger partial charge >= 0.3 is 0 Å². The third-order valence-corrected chi connectivity index (χ3v) is 5.57. The predicted octanol–water partition coefficient (Wildman–Crippen LogP) is 4.01. The molecule has 4 rings (SSSR count). The van der Waals surface area contributed by atoms with Crippen LogP contribution in [0.25, 0.3) is 5.57 Å². The van der Waals surface area contributed by atoms with E-state index in [2.05, 4.69) is 28.8 Å². The van der Waals surface area contributed by atoms with Gasteiger partial charge in [0, 0.05) is 36.2 Å². The summed E-state index contributed by atoms with van der Waals surface area (Å²) in [5.74, 6) is 1.18. The molecule has 1 saturated heterocycles. The fraction of sp³-hybridized carbons (Fsp3) is 0.292. The van der Waals surface area contributed by atoms with Gasteiger partial charge in [0.1, 0.15) is 12.4 Å². The quantitative estimate of drug-likeness (QED) is 0.850. The van der Waals surface area contributed by atoms with Crippen LogP contribution >= 0.6 is 0 Å². The van der Waals surface area contributed by atoms with Crippen molar-refractivity contribution in [1.82, 2.24) is 10.6 Å². The highest BCUT2D eigenvalue weighted by molar-refractivity contribution is 5.95. The molecule has 2 aliphatic rings. The molecule has 0 aromatic heterocycles. The first kappa shape index (κ1) is 18.5. The normalized spacial score (nSPS) is 21.5. The van der Waals surface area contributed by atoms with Gasteiger partial charge in [0.25, 0.3) is 5.91 Å². The molecule has 4 nitrogen and oxygen atoms in total. The van der Waals surface area contributed by atoms with E-state index in [1.807, 2.05) is 56.3 Å². The minimum atomic E-state index is -0.0312. The van der Waals surface area contributed by atoms with E-state index in [0.717, 1.165) is 35.5 Å². The average molecular weight is 374 g/mol. The van der Waals surface area contributed by atoms with Crippen LogP contribution in [-0.4, -0.2) is 25.0 Å². The molecule has 2 N–H and O–H groups in total. The number of hydrogen-bond acceptors (Lipinski definition) is 3. The molecule has 4 heteroatoms. The highest BCUT2D eigenvalue weighted by Gasteiger charge is 2.30. The number of fused-ring (bicyclic) bond motifs is 1. The fourth-order valence-corrected chi connectivity index (χ4v) is 4.08. The van der Waals surface area contributed by atoms with Crippen LogP contribution in [-0.2, 0) is 11.3 Å². The second-order valence-corrected chi connectivity index (χ2v) is 7.39. The maximum absolute atomic E-state index is 12.9. The van der Waals surface area contributed by atoms with Gasteiger partial charge in [0.05, 0.1) is 0 Å². The molecular formula is C24H26N2O2. The molecule has 0 radical (unpaired) electrons. The van der Waals surface area contributed by atoms with Gasteiger partial charge in [0.2, 0.25) is 0 Å². The lowest BCUT2D eigenvalue weighted by molar-refractivity contribution is 0.0936. The number of carbonyl (C=O) groups is 1. The van der Waals surface area contributed by atoms with Crippen molar-refractivity contribution in [1.29, 1.82) is 0 Å². The molecule has 1 fully saturated rings. The monoisotopic (exact) mass is 374 g/mol. The number of rotatable bonds is 4. The van der Waals surface area contributed by atoms with Gasteiger partial charge in [-0.25, -0.2) is 0 Å². The summed E-state index contributed by atoms with van der Waals surface area (Å²) in [7, 11) is 0. The molecule has 2 aliphatic heterocycles. The Morgan fingerprint density at radius 3 is 2.79 bits per heavy atom. The fourth-order valence-electron chi connectivity index (χ4n) is 4.08. The van der Waals surface area contributed by atoms with Crippen LogP contribution in [0.15, 0.2) is 66.4 Å². The number of ether oxygens (including phenoxy) is 1. The van der Waals surface area contributed by atoms with Crippen molar-refractivity contribution < 1.29 is 9.53 Å². The number of nitrogens with one attached hydrogen (secondary N) is 2. The summed E-state index contributed by atoms with van der Waals surface area (Å²) in [6.45, 7) is 6.14. The van der Waals surface area contributed by atoms with Gasteiger partial charge in [0.15, 0.2) is 0 Å². The molecule has 2 heterocycles. The summed E-state index contributed by atoms with van der Waals surface area (Å²) in [5.41, 5.74) is 5.21. The first-order valence-corrected chi connectivity index (χ1v) is 9.83. The van der Waals surface area contributed by atoms with Crippen LogP contribution in [0.5, 0.6) is 0 Å². The predicted molar refractivity (Wildman–Crippen MR) is 112 cm³/mol. The molecule has 2 aromatic rings. The van der Waals surface area contributed by atoms with Crippen LogP contribution in [0.4, 0.5) is 0 Å². The smallest absolute Gasteiger partial charge is 0.251 e. The molecule has 0 aliphatic carbocycles. The summed E-state index contributed by atoms with van der Waals surface area (Å²) in [6, 6.07) is 16.4. The van der Waals surface area contributed by atoms with Gasteiger partial charge in [-0.2, -0.15) is 0 Å². The summed E-state index contributed by atoms with van der Waals surface area (Å²) >= 11 is 0. The summed E-state index contributed by atoms with van der Waals surface area (Å²) < 4.78 is 5.80. The van der Waals surface area contributed by atoms with E-state index in [0.29, 0.717) is 12.2 Å². The Labute approximate surface area is 166 Å². The minimum Gasteiger partial charge on any atom is -0.493 e. The Morgan fingerprint density at radius 1 is 1.18 bits per heavy atom. The Balaban J connectivity index is 1.53. The van der Waals surface area contributed by atoms with Crippen molar-refractivity contribution in [3.05, 3.63) is 88.7 Å². The molecule has 2 aromatic carbocycles. The van der Waals surface area contributed by atoms with Crippen LogP contribution in [0.3, 0.4) is 0 Å². The summed E-state index contributed by atoms with van der Waals surface area (Å²) in [4.78, 5) is 12.9. The van der Waals surface area contributed by atoms with Crippen molar-refractivity contribution in [2.75, 3.05) is 13.1 Å². The molecule has 0 saturated carbocycles. The van der Waals surface area contributed by atoms with Crippen LogP contribution < -0.4 is 10.6 Å². The van der Waals surface area contributed by atoms with E-state index in [-0.39, 0.29) is 17.9 Å². The SMILES string of the molecule is CC=CC1=C(C)OCc2cc(C(=O)NC3CNCC3c3ccccc3)ccc21. The standard InChI is InChI=1S/C24H26N2O2/c1-3-7-20-16(2)28-15-19-12-18(10-11-21(19)20)24(27)26-23-14-25-13-22(23)17-8-5-4-6-9-17/h3-12,22-23,25H,13-15H2,1-2H3,(H,26,27).